The average molecular weight is 178 g/mol. The van der Waals surface area contributed by atoms with Crippen molar-refractivity contribution in [2.45, 2.75) is 6.92 Å². The first-order valence-corrected chi connectivity index (χ1v) is 3.73. The molecule has 0 bridgehead atoms. The van der Waals surface area contributed by atoms with Crippen LogP contribution in [0.5, 0.6) is 0 Å². The zero-order chi connectivity index (χ0) is 9.84. The van der Waals surface area contributed by atoms with Crippen LogP contribution >= 0.6 is 0 Å². The van der Waals surface area contributed by atoms with E-state index >= 15 is 0 Å². The van der Waals surface area contributed by atoms with Crippen molar-refractivity contribution in [1.82, 2.24) is 4.98 Å². The number of rotatable bonds is 2. The molecule has 13 heavy (non-hydrogen) atoms. The van der Waals surface area contributed by atoms with Crippen molar-refractivity contribution in [3.05, 3.63) is 29.5 Å². The molecule has 4 nitrogen and oxygen atoms in total. The van der Waals surface area contributed by atoms with Crippen LogP contribution in [-0.2, 0) is 4.79 Å². The molecule has 0 saturated carbocycles. The van der Waals surface area contributed by atoms with Gasteiger partial charge in [-0.25, -0.2) is 9.78 Å². The van der Waals surface area contributed by atoms with Gasteiger partial charge in [-0.3, -0.25) is 0 Å². The zero-order valence-corrected chi connectivity index (χ0v) is 7.19. The number of nitrogens with zero attached hydrogens (tertiary/aromatic N) is 1. The van der Waals surface area contributed by atoms with Gasteiger partial charge in [0.05, 0.1) is 0 Å². The lowest BCUT2D eigenvalue weighted by atomic mass is 10.2. The molecule has 68 valence electrons. The third-order valence-corrected chi connectivity index (χ3v) is 1.55. The molecule has 0 saturated heterocycles. The normalized spacial score (nSPS) is 10.5. The van der Waals surface area contributed by atoms with Crippen LogP contribution in [0.2, 0.25) is 0 Å². The van der Waals surface area contributed by atoms with Crippen molar-refractivity contribution in [2.75, 3.05) is 5.73 Å². The van der Waals surface area contributed by atoms with Crippen LogP contribution in [0, 0.1) is 6.92 Å². The summed E-state index contributed by atoms with van der Waals surface area (Å²) >= 11 is 0. The van der Waals surface area contributed by atoms with Gasteiger partial charge in [0.15, 0.2) is 0 Å². The van der Waals surface area contributed by atoms with E-state index in [1.165, 1.54) is 6.08 Å². The molecular formula is C9H10N2O2. The molecule has 0 fully saturated rings. The number of anilines is 1. The second-order valence-electron chi connectivity index (χ2n) is 2.58. The van der Waals surface area contributed by atoms with E-state index < -0.39 is 5.97 Å². The van der Waals surface area contributed by atoms with Crippen LogP contribution in [0.15, 0.2) is 18.2 Å². The van der Waals surface area contributed by atoms with Crippen molar-refractivity contribution in [3.8, 4) is 0 Å². The van der Waals surface area contributed by atoms with Gasteiger partial charge in [0, 0.05) is 11.8 Å². The molecule has 3 N–H and O–H groups in total. The first-order chi connectivity index (χ1) is 6.09. The summed E-state index contributed by atoms with van der Waals surface area (Å²) in [5, 5.41) is 8.39. The standard InChI is InChI=1S/C9H10N2O2/c1-6-7(3-5-9(12)13)2-4-8(10)11-6/h2-5H,1H3,(H2,10,11)(H,12,13)/b5-3-. The number of pyridine rings is 1. The van der Waals surface area contributed by atoms with Gasteiger partial charge in [0.25, 0.3) is 0 Å². The topological polar surface area (TPSA) is 76.2 Å². The highest BCUT2D eigenvalue weighted by molar-refractivity contribution is 5.85. The van der Waals surface area contributed by atoms with Crippen molar-refractivity contribution < 1.29 is 9.90 Å². The minimum atomic E-state index is -0.976. The molecule has 1 rings (SSSR count). The van der Waals surface area contributed by atoms with E-state index in [9.17, 15) is 4.79 Å². The first kappa shape index (κ1) is 9.25. The van der Waals surface area contributed by atoms with Gasteiger partial charge >= 0.3 is 5.97 Å². The predicted octanol–water partition coefficient (Wildman–Crippen LogP) is 1.07. The Morgan fingerprint density at radius 2 is 2.31 bits per heavy atom. The highest BCUT2D eigenvalue weighted by Gasteiger charge is 1.96. The smallest absolute Gasteiger partial charge is 0.328 e. The molecule has 0 aromatic carbocycles. The number of carboxylic acid groups (broad SMARTS) is 1. The van der Waals surface area contributed by atoms with Crippen LogP contribution in [-0.4, -0.2) is 16.1 Å². The maximum Gasteiger partial charge on any atom is 0.328 e. The van der Waals surface area contributed by atoms with E-state index in [0.717, 1.165) is 17.3 Å². The van der Waals surface area contributed by atoms with E-state index in [1.807, 2.05) is 0 Å². The second kappa shape index (κ2) is 3.71. The summed E-state index contributed by atoms with van der Waals surface area (Å²) in [6.45, 7) is 1.78. The summed E-state index contributed by atoms with van der Waals surface area (Å²) in [5.41, 5.74) is 6.91. The number of carboxylic acids is 1. The van der Waals surface area contributed by atoms with Crippen molar-refractivity contribution in [1.29, 1.82) is 0 Å². The number of nitrogens with two attached hydrogens (primary N) is 1. The molecule has 0 radical (unpaired) electrons. The van der Waals surface area contributed by atoms with Crippen molar-refractivity contribution in [2.24, 2.45) is 0 Å². The van der Waals surface area contributed by atoms with Gasteiger partial charge in [-0.15, -0.1) is 0 Å². The molecule has 0 aliphatic carbocycles. The summed E-state index contributed by atoms with van der Waals surface area (Å²) in [5.74, 6) is -0.541. The predicted molar refractivity (Wildman–Crippen MR) is 50.1 cm³/mol. The fourth-order valence-electron chi connectivity index (χ4n) is 0.928. The van der Waals surface area contributed by atoms with Gasteiger partial charge in [-0.2, -0.15) is 0 Å². The van der Waals surface area contributed by atoms with Crippen molar-refractivity contribution >= 4 is 17.9 Å². The maximum atomic E-state index is 10.2. The lowest BCUT2D eigenvalue weighted by molar-refractivity contribution is -0.131. The van der Waals surface area contributed by atoms with Gasteiger partial charge in [0.1, 0.15) is 5.82 Å². The number of carbonyl (C=O) groups is 1. The van der Waals surface area contributed by atoms with Crippen LogP contribution in [0.3, 0.4) is 0 Å². The zero-order valence-electron chi connectivity index (χ0n) is 7.19. The molecule has 1 heterocycles. The first-order valence-electron chi connectivity index (χ1n) is 3.73. The maximum absolute atomic E-state index is 10.2. The Kier molecular flexibility index (Phi) is 2.64. The summed E-state index contributed by atoms with van der Waals surface area (Å²) in [4.78, 5) is 14.2. The Hall–Kier alpha value is -1.84. The third kappa shape index (κ3) is 2.59. The van der Waals surface area contributed by atoms with Crippen LogP contribution < -0.4 is 5.73 Å². The molecule has 0 aliphatic heterocycles. The van der Waals surface area contributed by atoms with Crippen LogP contribution in [0.4, 0.5) is 5.82 Å². The largest absolute Gasteiger partial charge is 0.478 e. The van der Waals surface area contributed by atoms with Crippen LogP contribution in [0.1, 0.15) is 11.3 Å². The monoisotopic (exact) mass is 178 g/mol. The van der Waals surface area contributed by atoms with E-state index in [4.69, 9.17) is 10.8 Å². The second-order valence-corrected chi connectivity index (χ2v) is 2.58. The number of hydrogen-bond acceptors (Lipinski definition) is 3. The highest BCUT2D eigenvalue weighted by Crippen LogP contribution is 2.09. The van der Waals surface area contributed by atoms with E-state index in [-0.39, 0.29) is 0 Å². The fraction of sp³-hybridized carbons (Fsp3) is 0.111. The van der Waals surface area contributed by atoms with E-state index in [0.29, 0.717) is 5.82 Å². The highest BCUT2D eigenvalue weighted by atomic mass is 16.4. The summed E-state index contributed by atoms with van der Waals surface area (Å²) < 4.78 is 0. The molecule has 0 unspecified atom stereocenters. The lowest BCUT2D eigenvalue weighted by Gasteiger charge is -1.99. The van der Waals surface area contributed by atoms with Gasteiger partial charge < -0.3 is 10.8 Å². The van der Waals surface area contributed by atoms with E-state index in [1.54, 1.807) is 19.1 Å². The molecule has 1 aromatic rings. The minimum Gasteiger partial charge on any atom is -0.478 e. The Morgan fingerprint density at radius 3 is 2.85 bits per heavy atom. The number of hydrogen-bond donors (Lipinski definition) is 2. The summed E-state index contributed by atoms with van der Waals surface area (Å²) in [7, 11) is 0. The van der Waals surface area contributed by atoms with Crippen LogP contribution in [0.25, 0.3) is 6.08 Å². The quantitative estimate of drug-likeness (QED) is 0.664. The van der Waals surface area contributed by atoms with Gasteiger partial charge in [-0.1, -0.05) is 0 Å². The number of aromatic nitrogens is 1. The Labute approximate surface area is 75.7 Å². The Bertz CT molecular complexity index is 359. The molecule has 1 aromatic heterocycles. The Balaban J connectivity index is 2.96. The van der Waals surface area contributed by atoms with Crippen molar-refractivity contribution in [3.63, 3.8) is 0 Å². The summed E-state index contributed by atoms with van der Waals surface area (Å²) in [6, 6.07) is 3.37. The average Bonchev–Trinajstić information content (AvgIpc) is 2.02. The number of aryl methyl sites for hydroxylation is 1. The molecule has 0 amide bonds. The molecule has 0 atom stereocenters. The van der Waals surface area contributed by atoms with Gasteiger partial charge in [-0.05, 0) is 30.7 Å². The lowest BCUT2D eigenvalue weighted by Crippen LogP contribution is -1.94. The SMILES string of the molecule is Cc1nc(N)ccc1/C=C\C(=O)O. The minimum absolute atomic E-state index is 0.435. The Morgan fingerprint density at radius 1 is 1.62 bits per heavy atom. The summed E-state index contributed by atoms with van der Waals surface area (Å²) in [6.07, 6.45) is 2.56. The molecule has 4 heteroatoms. The molecular weight excluding hydrogens is 168 g/mol. The third-order valence-electron chi connectivity index (χ3n) is 1.55. The number of aliphatic carboxylic acids is 1. The van der Waals surface area contributed by atoms with E-state index in [2.05, 4.69) is 4.98 Å². The van der Waals surface area contributed by atoms with Gasteiger partial charge in [0.2, 0.25) is 0 Å². The molecule has 0 spiro atoms. The fourth-order valence-corrected chi connectivity index (χ4v) is 0.928. The number of nitrogen functional groups attached to an aromatic ring is 1. The molecule has 0 aliphatic rings.